The zero-order chi connectivity index (χ0) is 22.7. The van der Waals surface area contributed by atoms with Gasteiger partial charge in [0.1, 0.15) is 11.3 Å². The molecular weight excluding hydrogens is 408 g/mol. The molecule has 1 N–H and O–H groups in total. The highest BCUT2D eigenvalue weighted by Gasteiger charge is 2.28. The molecule has 4 rings (SSSR count). The molecule has 0 atom stereocenters. The number of carbonyl (C=O) groups excluding carboxylic acids is 1. The fraction of sp³-hybridized carbons (Fsp3) is 0.478. The van der Waals surface area contributed by atoms with Crippen LogP contribution in [0.4, 0.5) is 5.82 Å². The maximum Gasteiger partial charge on any atom is 0.223 e. The first kappa shape index (κ1) is 22.0. The molecule has 9 nitrogen and oxygen atoms in total. The minimum atomic E-state index is 0.00981. The van der Waals surface area contributed by atoms with E-state index < -0.39 is 0 Å². The minimum absolute atomic E-state index is 0.00981. The van der Waals surface area contributed by atoms with Crippen molar-refractivity contribution in [3.05, 3.63) is 35.7 Å². The Morgan fingerprint density at radius 1 is 1.12 bits per heavy atom. The molecule has 0 unspecified atom stereocenters. The van der Waals surface area contributed by atoms with E-state index in [1.807, 2.05) is 35.9 Å². The molecule has 0 bridgehead atoms. The summed E-state index contributed by atoms with van der Waals surface area (Å²) in [5.74, 6) is 1.69. The molecule has 0 aliphatic carbocycles. The van der Waals surface area contributed by atoms with Gasteiger partial charge in [-0.2, -0.15) is 10.2 Å². The van der Waals surface area contributed by atoms with Crippen LogP contribution in [0.3, 0.4) is 0 Å². The number of piperidine rings is 1. The van der Waals surface area contributed by atoms with Gasteiger partial charge in [0.25, 0.3) is 0 Å². The second-order valence-corrected chi connectivity index (χ2v) is 8.07. The number of rotatable bonds is 7. The Balaban J connectivity index is 1.57. The topological polar surface area (TPSA) is 94.4 Å². The maximum atomic E-state index is 12.4. The molecule has 0 saturated carbocycles. The Hall–Kier alpha value is -3.20. The zero-order valence-corrected chi connectivity index (χ0v) is 19.1. The number of nitrogens with one attached hydrogen (secondary N) is 1. The van der Waals surface area contributed by atoms with Crippen molar-refractivity contribution in [2.75, 3.05) is 45.4 Å². The number of benzene rings is 1. The van der Waals surface area contributed by atoms with Gasteiger partial charge < -0.3 is 19.7 Å². The van der Waals surface area contributed by atoms with E-state index in [-0.39, 0.29) is 11.8 Å². The van der Waals surface area contributed by atoms with Crippen LogP contribution in [-0.2, 0) is 9.53 Å². The van der Waals surface area contributed by atoms with Crippen LogP contribution in [0.15, 0.2) is 24.3 Å². The van der Waals surface area contributed by atoms with E-state index in [9.17, 15) is 4.79 Å². The van der Waals surface area contributed by atoms with E-state index in [0.29, 0.717) is 13.2 Å². The molecule has 9 heteroatoms. The summed E-state index contributed by atoms with van der Waals surface area (Å²) in [5.41, 5.74) is 3.67. The predicted octanol–water partition coefficient (Wildman–Crippen LogP) is 2.42. The summed E-state index contributed by atoms with van der Waals surface area (Å²) in [6, 6.07) is 7.82. The molecule has 1 saturated heterocycles. The van der Waals surface area contributed by atoms with E-state index in [0.717, 1.165) is 65.5 Å². The molecular formula is C23H30N6O3. The number of amides is 1. The first-order valence-corrected chi connectivity index (χ1v) is 10.9. The van der Waals surface area contributed by atoms with Crippen LogP contribution in [0.5, 0.6) is 5.75 Å². The van der Waals surface area contributed by atoms with Crippen LogP contribution in [0, 0.1) is 19.8 Å². The summed E-state index contributed by atoms with van der Waals surface area (Å²) in [6.07, 6.45) is 1.54. The Kier molecular flexibility index (Phi) is 6.55. The Morgan fingerprint density at radius 2 is 1.84 bits per heavy atom. The van der Waals surface area contributed by atoms with Crippen LogP contribution < -0.4 is 15.0 Å². The van der Waals surface area contributed by atoms with Gasteiger partial charge in [0.2, 0.25) is 5.91 Å². The van der Waals surface area contributed by atoms with Crippen molar-refractivity contribution in [2.24, 2.45) is 5.92 Å². The lowest BCUT2D eigenvalue weighted by atomic mass is 9.96. The third kappa shape index (κ3) is 4.25. The molecule has 170 valence electrons. The van der Waals surface area contributed by atoms with Crippen molar-refractivity contribution in [2.45, 2.75) is 26.7 Å². The normalized spacial score (nSPS) is 14.7. The highest BCUT2D eigenvalue weighted by atomic mass is 16.5. The Bertz CT molecular complexity index is 1090. The van der Waals surface area contributed by atoms with Gasteiger partial charge in [-0.3, -0.25) is 4.79 Å². The molecule has 1 amide bonds. The summed E-state index contributed by atoms with van der Waals surface area (Å²) in [7, 11) is 3.29. The van der Waals surface area contributed by atoms with Crippen molar-refractivity contribution < 1.29 is 14.3 Å². The fourth-order valence-corrected chi connectivity index (χ4v) is 4.27. The maximum absolute atomic E-state index is 12.4. The minimum Gasteiger partial charge on any atom is -0.497 e. The van der Waals surface area contributed by atoms with Crippen molar-refractivity contribution in [3.8, 4) is 11.4 Å². The number of aryl methyl sites for hydroxylation is 2. The van der Waals surface area contributed by atoms with Gasteiger partial charge >= 0.3 is 0 Å². The molecule has 32 heavy (non-hydrogen) atoms. The standard InChI is InChI=1S/C23H30N6O3/c1-15-20-16(2)29(18-5-7-19(32-4)8-6-18)27-21(20)22(26-25-15)28-12-9-17(10-13-28)23(30)24-11-14-31-3/h5-8,17H,9-14H2,1-4H3,(H,24,30). The SMILES string of the molecule is COCCNC(=O)C1CCN(c2nnc(C)c3c(C)n(-c4ccc(OC)cc4)nc23)CC1. The molecule has 2 aromatic heterocycles. The van der Waals surface area contributed by atoms with Gasteiger partial charge in [-0.15, -0.1) is 5.10 Å². The number of fused-ring (bicyclic) bond motifs is 1. The number of hydrogen-bond acceptors (Lipinski definition) is 7. The highest BCUT2D eigenvalue weighted by molar-refractivity contribution is 5.92. The number of aromatic nitrogens is 4. The Morgan fingerprint density at radius 3 is 2.50 bits per heavy atom. The number of hydrogen-bond donors (Lipinski definition) is 1. The second kappa shape index (κ2) is 9.52. The molecule has 1 aliphatic rings. The van der Waals surface area contributed by atoms with Gasteiger partial charge in [-0.1, -0.05) is 0 Å². The van der Waals surface area contributed by atoms with Gasteiger partial charge in [-0.05, 0) is 51.0 Å². The van der Waals surface area contributed by atoms with Crippen molar-refractivity contribution in [1.82, 2.24) is 25.3 Å². The number of ether oxygens (including phenoxy) is 2. The first-order chi connectivity index (χ1) is 15.5. The van der Waals surface area contributed by atoms with Crippen molar-refractivity contribution in [1.29, 1.82) is 0 Å². The largest absolute Gasteiger partial charge is 0.497 e. The van der Waals surface area contributed by atoms with Crippen LogP contribution in [0.1, 0.15) is 24.2 Å². The van der Waals surface area contributed by atoms with Crippen molar-refractivity contribution >= 4 is 22.6 Å². The van der Waals surface area contributed by atoms with Crippen LogP contribution in [0.2, 0.25) is 0 Å². The van der Waals surface area contributed by atoms with E-state index in [2.05, 4.69) is 27.3 Å². The van der Waals surface area contributed by atoms with E-state index >= 15 is 0 Å². The number of carbonyl (C=O) groups is 1. The number of methoxy groups -OCH3 is 2. The average molecular weight is 439 g/mol. The summed E-state index contributed by atoms with van der Waals surface area (Å²) < 4.78 is 12.2. The van der Waals surface area contributed by atoms with Gasteiger partial charge in [0.05, 0.1) is 36.2 Å². The lowest BCUT2D eigenvalue weighted by Gasteiger charge is -2.31. The van der Waals surface area contributed by atoms with E-state index in [1.165, 1.54) is 0 Å². The molecule has 0 radical (unpaired) electrons. The van der Waals surface area contributed by atoms with E-state index in [1.54, 1.807) is 14.2 Å². The lowest BCUT2D eigenvalue weighted by molar-refractivity contribution is -0.125. The monoisotopic (exact) mass is 438 g/mol. The number of anilines is 1. The third-order valence-electron chi connectivity index (χ3n) is 6.07. The molecule has 1 fully saturated rings. The Labute approximate surface area is 187 Å². The fourth-order valence-electron chi connectivity index (χ4n) is 4.27. The third-order valence-corrected chi connectivity index (χ3v) is 6.07. The average Bonchev–Trinajstić information content (AvgIpc) is 3.17. The van der Waals surface area contributed by atoms with Crippen molar-refractivity contribution in [3.63, 3.8) is 0 Å². The zero-order valence-electron chi connectivity index (χ0n) is 19.1. The van der Waals surface area contributed by atoms with Crippen LogP contribution in [0.25, 0.3) is 16.6 Å². The smallest absolute Gasteiger partial charge is 0.223 e. The van der Waals surface area contributed by atoms with E-state index in [4.69, 9.17) is 14.6 Å². The summed E-state index contributed by atoms with van der Waals surface area (Å²) in [4.78, 5) is 14.6. The summed E-state index contributed by atoms with van der Waals surface area (Å²) >= 11 is 0. The quantitative estimate of drug-likeness (QED) is 0.566. The van der Waals surface area contributed by atoms with Gasteiger partial charge in [-0.25, -0.2) is 4.68 Å². The molecule has 1 aliphatic heterocycles. The van der Waals surface area contributed by atoms with Gasteiger partial charge in [0.15, 0.2) is 5.82 Å². The second-order valence-electron chi connectivity index (χ2n) is 8.07. The molecule has 3 aromatic rings. The van der Waals surface area contributed by atoms with Gasteiger partial charge in [0, 0.05) is 32.7 Å². The summed E-state index contributed by atoms with van der Waals surface area (Å²) in [6.45, 7) is 6.56. The lowest BCUT2D eigenvalue weighted by Crippen LogP contribution is -2.41. The molecule has 3 heterocycles. The highest BCUT2D eigenvalue weighted by Crippen LogP contribution is 2.31. The summed E-state index contributed by atoms with van der Waals surface area (Å²) in [5, 5.41) is 17.8. The molecule has 0 spiro atoms. The van der Waals surface area contributed by atoms with Crippen LogP contribution in [-0.4, -0.2) is 66.3 Å². The predicted molar refractivity (Wildman–Crippen MR) is 123 cm³/mol. The first-order valence-electron chi connectivity index (χ1n) is 10.9. The van der Waals surface area contributed by atoms with Crippen LogP contribution >= 0.6 is 0 Å². The molecule has 1 aromatic carbocycles. The number of nitrogens with zero attached hydrogens (tertiary/aromatic N) is 5.